The number of hydrogen-bond acceptors (Lipinski definition) is 8. The Morgan fingerprint density at radius 3 is 2.93 bits per heavy atom. The average molecular weight is 376 g/mol. The van der Waals surface area contributed by atoms with Crippen molar-refractivity contribution in [2.75, 3.05) is 12.3 Å². The van der Waals surface area contributed by atoms with E-state index in [1.54, 1.807) is 19.1 Å². The molecule has 2 aromatic rings. The summed E-state index contributed by atoms with van der Waals surface area (Å²) in [5.41, 5.74) is 5.72. The van der Waals surface area contributed by atoms with Crippen LogP contribution in [-0.2, 0) is 19.9 Å². The SMILES string of the molecule is C[C@@]1(c2ccc3c(N)ncnn23)O[C@H](COC(=O)CC2CCC2)[C@@H](O)[C@H]1O. The highest BCUT2D eigenvalue weighted by molar-refractivity contribution is 5.69. The highest BCUT2D eigenvalue weighted by atomic mass is 16.6. The van der Waals surface area contributed by atoms with Crippen molar-refractivity contribution in [1.29, 1.82) is 0 Å². The molecule has 0 bridgehead atoms. The molecular weight excluding hydrogens is 352 g/mol. The van der Waals surface area contributed by atoms with Crippen molar-refractivity contribution in [3.8, 4) is 0 Å². The Morgan fingerprint density at radius 2 is 2.22 bits per heavy atom. The molecule has 0 unspecified atom stereocenters. The topological polar surface area (TPSA) is 132 Å². The van der Waals surface area contributed by atoms with Crippen LogP contribution in [-0.4, -0.2) is 55.7 Å². The van der Waals surface area contributed by atoms with Gasteiger partial charge in [-0.2, -0.15) is 5.10 Å². The Balaban J connectivity index is 1.49. The number of rotatable bonds is 5. The zero-order valence-electron chi connectivity index (χ0n) is 15.1. The third-order valence-electron chi connectivity index (χ3n) is 5.74. The number of aliphatic hydroxyl groups is 2. The number of anilines is 1. The van der Waals surface area contributed by atoms with E-state index in [9.17, 15) is 15.0 Å². The molecule has 4 atom stereocenters. The summed E-state index contributed by atoms with van der Waals surface area (Å²) in [7, 11) is 0. The largest absolute Gasteiger partial charge is 0.463 e. The van der Waals surface area contributed by atoms with Gasteiger partial charge in [0.1, 0.15) is 42.4 Å². The fraction of sp³-hybridized carbons (Fsp3) is 0.611. The van der Waals surface area contributed by atoms with Gasteiger partial charge in [-0.15, -0.1) is 0 Å². The third-order valence-corrected chi connectivity index (χ3v) is 5.74. The van der Waals surface area contributed by atoms with E-state index in [0.29, 0.717) is 29.4 Å². The quantitative estimate of drug-likeness (QED) is 0.638. The van der Waals surface area contributed by atoms with Crippen LogP contribution in [0.3, 0.4) is 0 Å². The molecule has 4 N–H and O–H groups in total. The standard InChI is InChI=1S/C18H24N4O5/c1-18(13-6-5-11-17(19)20-9-21-22(11)13)16(25)15(24)12(27-18)8-26-14(23)7-10-3-2-4-10/h5-6,9-10,12,15-16,24-25H,2-4,7-8H2,1H3,(H2,19,20,21)/t12-,15-,16-,18+/m1/s1. The van der Waals surface area contributed by atoms with Crippen molar-refractivity contribution in [1.82, 2.24) is 14.6 Å². The van der Waals surface area contributed by atoms with Crippen molar-refractivity contribution in [3.63, 3.8) is 0 Å². The lowest BCUT2D eigenvalue weighted by Crippen LogP contribution is -2.39. The number of esters is 1. The summed E-state index contributed by atoms with van der Waals surface area (Å²) in [5.74, 6) is 0.404. The molecule has 3 heterocycles. The van der Waals surface area contributed by atoms with E-state index < -0.39 is 23.9 Å². The molecule has 0 spiro atoms. The van der Waals surface area contributed by atoms with Crippen molar-refractivity contribution in [2.24, 2.45) is 5.92 Å². The number of hydrogen-bond donors (Lipinski definition) is 3. The maximum absolute atomic E-state index is 11.9. The Morgan fingerprint density at radius 1 is 1.44 bits per heavy atom. The summed E-state index contributed by atoms with van der Waals surface area (Å²) >= 11 is 0. The maximum atomic E-state index is 11.9. The predicted octanol–water partition coefficient (Wildman–Crippen LogP) is 0.381. The molecule has 1 saturated carbocycles. The van der Waals surface area contributed by atoms with Crippen molar-refractivity contribution in [3.05, 3.63) is 24.2 Å². The zero-order chi connectivity index (χ0) is 19.2. The van der Waals surface area contributed by atoms with Crippen molar-refractivity contribution < 1.29 is 24.5 Å². The highest BCUT2D eigenvalue weighted by Gasteiger charge is 2.54. The number of nitrogens with two attached hydrogens (primary N) is 1. The summed E-state index contributed by atoms with van der Waals surface area (Å²) in [4.78, 5) is 15.9. The predicted molar refractivity (Wildman–Crippen MR) is 94.6 cm³/mol. The van der Waals surface area contributed by atoms with Crippen molar-refractivity contribution in [2.45, 2.75) is 56.5 Å². The van der Waals surface area contributed by atoms with E-state index in [1.807, 2.05) is 0 Å². The van der Waals surface area contributed by atoms with Crippen LogP contribution in [0.25, 0.3) is 5.52 Å². The number of carbonyl (C=O) groups excluding carboxylic acids is 1. The molecule has 2 aliphatic rings. The van der Waals surface area contributed by atoms with Gasteiger partial charge >= 0.3 is 5.97 Å². The first-order valence-corrected chi connectivity index (χ1v) is 9.18. The number of nitrogens with zero attached hydrogens (tertiary/aromatic N) is 3. The Hall–Kier alpha value is -2.23. The Bertz CT molecular complexity index is 851. The minimum Gasteiger partial charge on any atom is -0.463 e. The van der Waals surface area contributed by atoms with Gasteiger partial charge in [0.2, 0.25) is 0 Å². The van der Waals surface area contributed by atoms with Gasteiger partial charge in [-0.3, -0.25) is 4.79 Å². The maximum Gasteiger partial charge on any atom is 0.306 e. The molecule has 146 valence electrons. The van der Waals surface area contributed by atoms with Gasteiger partial charge in [0.15, 0.2) is 5.82 Å². The summed E-state index contributed by atoms with van der Waals surface area (Å²) in [5, 5.41) is 25.2. The van der Waals surface area contributed by atoms with Crippen LogP contribution in [0.5, 0.6) is 0 Å². The monoisotopic (exact) mass is 376 g/mol. The van der Waals surface area contributed by atoms with E-state index in [-0.39, 0.29) is 12.6 Å². The fourth-order valence-corrected chi connectivity index (χ4v) is 3.82. The minimum atomic E-state index is -1.24. The van der Waals surface area contributed by atoms with Crippen LogP contribution in [0.2, 0.25) is 0 Å². The lowest BCUT2D eigenvalue weighted by Gasteiger charge is -2.27. The lowest BCUT2D eigenvalue weighted by molar-refractivity contribution is -0.153. The smallest absolute Gasteiger partial charge is 0.306 e. The molecule has 0 aromatic carbocycles. The molecule has 27 heavy (non-hydrogen) atoms. The van der Waals surface area contributed by atoms with Gasteiger partial charge in [0.25, 0.3) is 0 Å². The van der Waals surface area contributed by atoms with Crippen LogP contribution < -0.4 is 5.73 Å². The van der Waals surface area contributed by atoms with Crippen LogP contribution in [0, 0.1) is 5.92 Å². The molecular formula is C18H24N4O5. The lowest BCUT2D eigenvalue weighted by atomic mass is 9.83. The Kier molecular flexibility index (Phi) is 4.53. The number of carbonyl (C=O) groups is 1. The molecule has 1 aliphatic heterocycles. The van der Waals surface area contributed by atoms with Gasteiger partial charge in [-0.05, 0) is 37.8 Å². The van der Waals surface area contributed by atoms with E-state index >= 15 is 0 Å². The fourth-order valence-electron chi connectivity index (χ4n) is 3.82. The molecule has 9 nitrogen and oxygen atoms in total. The van der Waals surface area contributed by atoms with Gasteiger partial charge in [-0.1, -0.05) is 6.42 Å². The van der Waals surface area contributed by atoms with Crippen LogP contribution in [0.1, 0.15) is 38.3 Å². The molecule has 0 radical (unpaired) electrons. The van der Waals surface area contributed by atoms with Gasteiger partial charge in [-0.25, -0.2) is 9.50 Å². The third kappa shape index (κ3) is 3.05. The highest BCUT2D eigenvalue weighted by Crippen LogP contribution is 2.40. The summed E-state index contributed by atoms with van der Waals surface area (Å²) in [6.45, 7) is 1.55. The zero-order valence-corrected chi connectivity index (χ0v) is 15.1. The summed E-state index contributed by atoms with van der Waals surface area (Å²) in [6, 6.07) is 3.45. The number of ether oxygens (including phenoxy) is 2. The van der Waals surface area contributed by atoms with Crippen LogP contribution in [0.15, 0.2) is 18.5 Å². The Labute approximate surface area is 156 Å². The number of aromatic nitrogens is 3. The van der Waals surface area contributed by atoms with Gasteiger partial charge in [0, 0.05) is 6.42 Å². The molecule has 1 aliphatic carbocycles. The molecule has 1 saturated heterocycles. The van der Waals surface area contributed by atoms with E-state index in [0.717, 1.165) is 19.3 Å². The van der Waals surface area contributed by atoms with Crippen molar-refractivity contribution >= 4 is 17.3 Å². The first-order valence-electron chi connectivity index (χ1n) is 9.18. The van der Waals surface area contributed by atoms with E-state index in [2.05, 4.69) is 10.1 Å². The van der Waals surface area contributed by atoms with Crippen LogP contribution in [0.4, 0.5) is 5.82 Å². The second kappa shape index (κ2) is 6.74. The van der Waals surface area contributed by atoms with Crippen LogP contribution >= 0.6 is 0 Å². The van der Waals surface area contributed by atoms with Gasteiger partial charge < -0.3 is 25.4 Å². The average Bonchev–Trinajstić information content (AvgIpc) is 3.14. The number of aliphatic hydroxyl groups excluding tert-OH is 2. The molecule has 0 amide bonds. The second-order valence-electron chi connectivity index (χ2n) is 7.54. The molecule has 2 aromatic heterocycles. The molecule has 9 heteroatoms. The molecule has 2 fully saturated rings. The summed E-state index contributed by atoms with van der Waals surface area (Å²) < 4.78 is 12.8. The first kappa shape index (κ1) is 18.1. The normalized spacial score (nSPS) is 31.1. The number of fused-ring (bicyclic) bond motifs is 1. The molecule has 4 rings (SSSR count). The first-order chi connectivity index (χ1) is 12.9. The van der Waals surface area contributed by atoms with E-state index in [1.165, 1.54) is 10.8 Å². The van der Waals surface area contributed by atoms with Gasteiger partial charge in [0.05, 0.1) is 5.69 Å². The summed E-state index contributed by atoms with van der Waals surface area (Å²) in [6.07, 6.45) is 1.72. The number of nitrogen functional groups attached to an aromatic ring is 1. The second-order valence-corrected chi connectivity index (χ2v) is 7.54. The van der Waals surface area contributed by atoms with E-state index in [4.69, 9.17) is 15.2 Å². The minimum absolute atomic E-state index is 0.111.